The van der Waals surface area contributed by atoms with Gasteiger partial charge in [-0.05, 0) is 0 Å². The normalized spacial score (nSPS) is 8.00. The molecule has 4 heteroatoms. The van der Waals surface area contributed by atoms with E-state index in [1.807, 2.05) is 0 Å². The van der Waals surface area contributed by atoms with Gasteiger partial charge in [0.05, 0.1) is 0 Å². The summed E-state index contributed by atoms with van der Waals surface area (Å²) in [4.78, 5) is 3.14. The van der Waals surface area contributed by atoms with Gasteiger partial charge in [-0.1, -0.05) is 0 Å². The smallest absolute Gasteiger partial charge is 0.311 e. The largest absolute Gasteiger partial charge is 0.339 e. The average Bonchev–Trinajstić information content (AvgIpc) is 1.65. The van der Waals surface area contributed by atoms with Crippen LogP contribution in [0, 0.1) is 0 Å². The van der Waals surface area contributed by atoms with Crippen molar-refractivity contribution in [3.8, 4) is 0 Å². The first-order chi connectivity index (χ1) is 3.18. The van der Waals surface area contributed by atoms with Crippen LogP contribution in [0.5, 0.6) is 0 Å². The molecule has 0 aliphatic rings. The molecule has 0 aromatic rings. The van der Waals surface area contributed by atoms with E-state index in [-0.39, 0.29) is 0 Å². The quantitative estimate of drug-likeness (QED) is 0.315. The second-order valence-electron chi connectivity index (χ2n) is 0.908. The Morgan fingerprint density at radius 2 is 2.00 bits per heavy atom. The third-order valence-corrected chi connectivity index (χ3v) is 0.403. The Morgan fingerprint density at radius 3 is 2.00 bits per heavy atom. The lowest BCUT2D eigenvalue weighted by Gasteiger charge is -1.88. The van der Waals surface area contributed by atoms with Gasteiger partial charge in [-0.25, -0.2) is 5.26 Å². The molecule has 0 aliphatic heterocycles. The van der Waals surface area contributed by atoms with E-state index in [1.165, 1.54) is 0 Å². The molecule has 42 valence electrons. The molecule has 0 saturated carbocycles. The fourth-order valence-corrected chi connectivity index (χ4v) is 0.0345. The second kappa shape index (κ2) is 2.52. The van der Waals surface area contributed by atoms with Crippen molar-refractivity contribution in [3.05, 3.63) is 11.8 Å². The van der Waals surface area contributed by atoms with E-state index >= 15 is 0 Å². The van der Waals surface area contributed by atoms with Crippen molar-refractivity contribution in [3.63, 3.8) is 0 Å². The number of hydrogen-bond donors (Lipinski definition) is 1. The highest BCUT2D eigenvalue weighted by atomic mass is 19.3. The Bertz CT molecular complexity index is 84.9. The average molecular weight is 110 g/mol. The standard InChI is InChI=1S/C3H4F2O2/c1-2(7-6)3(4)5/h6H,1H3. The molecule has 0 saturated heterocycles. The van der Waals surface area contributed by atoms with Gasteiger partial charge in [-0.3, -0.25) is 0 Å². The van der Waals surface area contributed by atoms with Gasteiger partial charge >= 0.3 is 6.08 Å². The van der Waals surface area contributed by atoms with Gasteiger partial charge < -0.3 is 4.89 Å². The van der Waals surface area contributed by atoms with E-state index in [1.54, 1.807) is 0 Å². The Kier molecular flexibility index (Phi) is 2.29. The van der Waals surface area contributed by atoms with Crippen LogP contribution in [0.1, 0.15) is 6.92 Å². The predicted molar refractivity (Wildman–Crippen MR) is 18.6 cm³/mol. The lowest BCUT2D eigenvalue weighted by molar-refractivity contribution is -0.206. The summed E-state index contributed by atoms with van der Waals surface area (Å²) in [5.41, 5.74) is 0. The van der Waals surface area contributed by atoms with Crippen LogP contribution >= 0.6 is 0 Å². The van der Waals surface area contributed by atoms with E-state index in [9.17, 15) is 8.78 Å². The van der Waals surface area contributed by atoms with Gasteiger partial charge in [0.2, 0.25) is 5.76 Å². The number of rotatable bonds is 1. The van der Waals surface area contributed by atoms with Crippen molar-refractivity contribution in [2.75, 3.05) is 0 Å². The molecule has 0 aromatic heterocycles. The Morgan fingerprint density at radius 1 is 1.57 bits per heavy atom. The van der Waals surface area contributed by atoms with Crippen molar-refractivity contribution in [1.82, 2.24) is 0 Å². The van der Waals surface area contributed by atoms with Gasteiger partial charge in [-0.2, -0.15) is 8.78 Å². The summed E-state index contributed by atoms with van der Waals surface area (Å²) < 4.78 is 22.0. The Labute approximate surface area is 38.9 Å². The topological polar surface area (TPSA) is 29.5 Å². The maximum Gasteiger partial charge on any atom is 0.311 e. The number of allylic oxidation sites excluding steroid dienone is 1. The van der Waals surface area contributed by atoms with Crippen molar-refractivity contribution >= 4 is 0 Å². The van der Waals surface area contributed by atoms with Crippen molar-refractivity contribution < 1.29 is 18.9 Å². The summed E-state index contributed by atoms with van der Waals surface area (Å²) in [7, 11) is 0. The summed E-state index contributed by atoms with van der Waals surface area (Å²) in [5.74, 6) is -0.764. The number of halogens is 2. The molecule has 0 amide bonds. The van der Waals surface area contributed by atoms with E-state index in [4.69, 9.17) is 5.26 Å². The van der Waals surface area contributed by atoms with Crippen LogP contribution in [-0.2, 0) is 4.89 Å². The minimum absolute atomic E-state index is 0.764. The minimum Gasteiger partial charge on any atom is -0.339 e. The number of hydrogen-bond acceptors (Lipinski definition) is 2. The zero-order chi connectivity index (χ0) is 5.86. The van der Waals surface area contributed by atoms with Crippen LogP contribution < -0.4 is 0 Å². The highest BCUT2D eigenvalue weighted by Gasteiger charge is 1.96. The zero-order valence-corrected chi connectivity index (χ0v) is 3.61. The first kappa shape index (κ1) is 6.36. The van der Waals surface area contributed by atoms with Gasteiger partial charge in [0.15, 0.2) is 0 Å². The highest BCUT2D eigenvalue weighted by Crippen LogP contribution is 2.04. The van der Waals surface area contributed by atoms with E-state index < -0.39 is 11.8 Å². The van der Waals surface area contributed by atoms with E-state index in [2.05, 4.69) is 4.89 Å². The highest BCUT2D eigenvalue weighted by molar-refractivity contribution is 4.85. The zero-order valence-electron chi connectivity index (χ0n) is 3.61. The van der Waals surface area contributed by atoms with Crippen LogP contribution in [0.2, 0.25) is 0 Å². The van der Waals surface area contributed by atoms with Crippen LogP contribution in [0.15, 0.2) is 11.8 Å². The SMILES string of the molecule is CC(OO)=C(F)F. The van der Waals surface area contributed by atoms with Crippen molar-refractivity contribution in [1.29, 1.82) is 0 Å². The van der Waals surface area contributed by atoms with E-state index in [0.717, 1.165) is 6.92 Å². The van der Waals surface area contributed by atoms with Gasteiger partial charge in [0.1, 0.15) is 0 Å². The van der Waals surface area contributed by atoms with Crippen LogP contribution in [0.25, 0.3) is 0 Å². The molecule has 0 atom stereocenters. The molecule has 0 heterocycles. The molecule has 0 aliphatic carbocycles. The first-order valence-electron chi connectivity index (χ1n) is 1.51. The van der Waals surface area contributed by atoms with Crippen molar-refractivity contribution in [2.45, 2.75) is 6.92 Å². The molecular weight excluding hydrogens is 106 g/mol. The van der Waals surface area contributed by atoms with Crippen LogP contribution in [0.3, 0.4) is 0 Å². The molecule has 0 bridgehead atoms. The molecule has 2 nitrogen and oxygen atoms in total. The fourth-order valence-electron chi connectivity index (χ4n) is 0.0345. The first-order valence-corrected chi connectivity index (χ1v) is 1.51. The van der Waals surface area contributed by atoms with Gasteiger partial charge in [0, 0.05) is 6.92 Å². The summed E-state index contributed by atoms with van der Waals surface area (Å²) in [6, 6.07) is 0. The fraction of sp³-hybridized carbons (Fsp3) is 0.333. The molecule has 0 fully saturated rings. The molecular formula is C3H4F2O2. The molecule has 0 unspecified atom stereocenters. The summed E-state index contributed by atoms with van der Waals surface area (Å²) in [6.45, 7) is 0.954. The summed E-state index contributed by atoms with van der Waals surface area (Å²) >= 11 is 0. The molecule has 0 radical (unpaired) electrons. The predicted octanol–water partition coefficient (Wildman–Crippen LogP) is 1.60. The molecule has 0 rings (SSSR count). The third kappa shape index (κ3) is 2.11. The molecule has 0 aromatic carbocycles. The second-order valence-corrected chi connectivity index (χ2v) is 0.908. The van der Waals surface area contributed by atoms with Crippen LogP contribution in [-0.4, -0.2) is 5.26 Å². The molecule has 7 heavy (non-hydrogen) atoms. The minimum atomic E-state index is -2.01. The molecule has 0 spiro atoms. The maximum atomic E-state index is 11.0. The Balaban J connectivity index is 3.72. The van der Waals surface area contributed by atoms with Crippen molar-refractivity contribution in [2.24, 2.45) is 0 Å². The summed E-state index contributed by atoms with van der Waals surface area (Å²) in [6.07, 6.45) is -2.01. The van der Waals surface area contributed by atoms with Gasteiger partial charge in [-0.15, -0.1) is 0 Å². The lowest BCUT2D eigenvalue weighted by Crippen LogP contribution is -1.79. The lowest BCUT2D eigenvalue weighted by atomic mass is 10.6. The monoisotopic (exact) mass is 110 g/mol. The third-order valence-electron chi connectivity index (χ3n) is 0.403. The maximum absolute atomic E-state index is 11.0. The van der Waals surface area contributed by atoms with Crippen LogP contribution in [0.4, 0.5) is 8.78 Å². The summed E-state index contributed by atoms with van der Waals surface area (Å²) in [5, 5.41) is 7.47. The Hall–Kier alpha value is -0.640. The van der Waals surface area contributed by atoms with E-state index in [0.29, 0.717) is 0 Å². The molecule has 1 N–H and O–H groups in total. The van der Waals surface area contributed by atoms with Gasteiger partial charge in [0.25, 0.3) is 0 Å².